The van der Waals surface area contributed by atoms with Crippen molar-refractivity contribution in [1.29, 1.82) is 0 Å². The Bertz CT molecular complexity index is 489. The smallest absolute Gasteiger partial charge is 0.429 e. The van der Waals surface area contributed by atoms with Gasteiger partial charge in [0.1, 0.15) is 6.04 Å². The van der Waals surface area contributed by atoms with Crippen LogP contribution >= 0.6 is 11.3 Å². The average molecular weight is 314 g/mol. The lowest BCUT2D eigenvalue weighted by molar-refractivity contribution is 0.0517. The van der Waals surface area contributed by atoms with Crippen molar-refractivity contribution >= 4 is 29.3 Å². The molecule has 1 unspecified atom stereocenters. The second-order valence-electron chi connectivity index (χ2n) is 3.92. The van der Waals surface area contributed by atoms with E-state index in [1.165, 1.54) is 18.3 Å². The van der Waals surface area contributed by atoms with Gasteiger partial charge in [0.2, 0.25) is 0 Å². The van der Waals surface area contributed by atoms with Crippen molar-refractivity contribution in [1.82, 2.24) is 10.4 Å². The fourth-order valence-electron chi connectivity index (χ4n) is 1.50. The zero-order valence-electron chi connectivity index (χ0n) is 12.1. The zero-order chi connectivity index (χ0) is 15.8. The summed E-state index contributed by atoms with van der Waals surface area (Å²) >= 11 is 1.26. The van der Waals surface area contributed by atoms with E-state index in [0.29, 0.717) is 4.88 Å². The van der Waals surface area contributed by atoms with Crippen molar-refractivity contribution in [2.75, 3.05) is 13.2 Å². The molecule has 0 radical (unpaired) electrons. The Kier molecular flexibility index (Phi) is 6.67. The third-order valence-electron chi connectivity index (χ3n) is 2.48. The summed E-state index contributed by atoms with van der Waals surface area (Å²) in [6.45, 7) is 5.04. The van der Waals surface area contributed by atoms with E-state index in [4.69, 9.17) is 9.47 Å². The van der Waals surface area contributed by atoms with Crippen LogP contribution in [0.3, 0.4) is 0 Å². The Balaban J connectivity index is 2.86. The summed E-state index contributed by atoms with van der Waals surface area (Å²) in [4.78, 5) is 36.1. The highest BCUT2D eigenvalue weighted by molar-refractivity contribution is 7.12. The van der Waals surface area contributed by atoms with Crippen molar-refractivity contribution in [3.8, 4) is 0 Å². The van der Waals surface area contributed by atoms with Crippen molar-refractivity contribution in [2.24, 2.45) is 0 Å². The molecule has 0 aromatic carbocycles. The normalized spacial score (nSPS) is 11.4. The third kappa shape index (κ3) is 4.75. The Morgan fingerprint density at radius 3 is 2.48 bits per heavy atom. The van der Waals surface area contributed by atoms with Crippen molar-refractivity contribution in [2.45, 2.75) is 26.8 Å². The maximum absolute atomic E-state index is 12.3. The van der Waals surface area contributed by atoms with Gasteiger partial charge in [-0.2, -0.15) is 0 Å². The van der Waals surface area contributed by atoms with Crippen LogP contribution in [0, 0.1) is 0 Å². The van der Waals surface area contributed by atoms with Gasteiger partial charge in [-0.3, -0.25) is 4.79 Å². The number of amides is 2. The fraction of sp³-hybridized carbons (Fsp3) is 0.462. The molecule has 0 saturated carbocycles. The Morgan fingerprint density at radius 1 is 1.29 bits per heavy atom. The lowest BCUT2D eigenvalue weighted by Gasteiger charge is -2.26. The molecule has 0 spiro atoms. The second-order valence-corrected chi connectivity index (χ2v) is 4.87. The lowest BCUT2D eigenvalue weighted by Crippen LogP contribution is -2.53. The van der Waals surface area contributed by atoms with Crippen LogP contribution < -0.4 is 5.43 Å². The van der Waals surface area contributed by atoms with E-state index in [0.717, 1.165) is 5.01 Å². The summed E-state index contributed by atoms with van der Waals surface area (Å²) in [6, 6.07) is 2.47. The van der Waals surface area contributed by atoms with Crippen LogP contribution in [0.1, 0.15) is 30.4 Å². The molecule has 1 aromatic rings. The zero-order valence-corrected chi connectivity index (χ0v) is 12.9. The molecule has 0 aliphatic rings. The number of hydrogen-bond donors (Lipinski definition) is 1. The molecule has 21 heavy (non-hydrogen) atoms. The number of thiophene rings is 1. The first-order valence-electron chi connectivity index (χ1n) is 6.48. The topological polar surface area (TPSA) is 84.9 Å². The van der Waals surface area contributed by atoms with Gasteiger partial charge in [0.25, 0.3) is 0 Å². The minimum atomic E-state index is -0.910. The van der Waals surface area contributed by atoms with Gasteiger partial charge in [-0.25, -0.2) is 20.0 Å². The monoisotopic (exact) mass is 314 g/mol. The summed E-state index contributed by atoms with van der Waals surface area (Å²) in [5, 5.41) is 2.59. The molecule has 1 atom stereocenters. The van der Waals surface area contributed by atoms with Gasteiger partial charge < -0.3 is 9.47 Å². The number of carbonyl (C=O) groups is 3. The van der Waals surface area contributed by atoms with Crippen LogP contribution in [0.2, 0.25) is 0 Å². The second kappa shape index (κ2) is 8.25. The molecule has 0 aliphatic heterocycles. The SMILES string of the molecule is CCOC(=O)NN(C(=O)OCC)C(C)C(=O)c1cccs1. The number of rotatable bonds is 5. The molecule has 1 heterocycles. The molecule has 1 rings (SSSR count). The van der Waals surface area contributed by atoms with Crippen molar-refractivity contribution in [3.63, 3.8) is 0 Å². The molecule has 8 heteroatoms. The lowest BCUT2D eigenvalue weighted by atomic mass is 10.2. The number of nitrogens with one attached hydrogen (secondary N) is 1. The van der Waals surface area contributed by atoms with Gasteiger partial charge in [-0.05, 0) is 32.2 Å². The van der Waals surface area contributed by atoms with Crippen LogP contribution in [0.25, 0.3) is 0 Å². The first-order chi connectivity index (χ1) is 10.0. The van der Waals surface area contributed by atoms with Gasteiger partial charge in [0.15, 0.2) is 5.78 Å². The van der Waals surface area contributed by atoms with Gasteiger partial charge in [0.05, 0.1) is 18.1 Å². The van der Waals surface area contributed by atoms with E-state index >= 15 is 0 Å². The van der Waals surface area contributed by atoms with E-state index in [9.17, 15) is 14.4 Å². The van der Waals surface area contributed by atoms with Crippen LogP contribution in [-0.4, -0.2) is 42.2 Å². The number of hydrazine groups is 1. The molecular weight excluding hydrogens is 296 g/mol. The largest absolute Gasteiger partial charge is 0.449 e. The van der Waals surface area contributed by atoms with E-state index in [1.54, 1.807) is 31.4 Å². The van der Waals surface area contributed by atoms with Crippen LogP contribution in [0.15, 0.2) is 17.5 Å². The predicted molar refractivity (Wildman–Crippen MR) is 77.1 cm³/mol. The molecule has 116 valence electrons. The molecule has 1 N–H and O–H groups in total. The first kappa shape index (κ1) is 17.0. The van der Waals surface area contributed by atoms with Gasteiger partial charge in [-0.1, -0.05) is 6.07 Å². The van der Waals surface area contributed by atoms with Crippen LogP contribution in [0.5, 0.6) is 0 Å². The number of ketones is 1. The van der Waals surface area contributed by atoms with E-state index in [2.05, 4.69) is 5.43 Å². The van der Waals surface area contributed by atoms with Crippen molar-refractivity contribution < 1.29 is 23.9 Å². The van der Waals surface area contributed by atoms with Gasteiger partial charge in [0, 0.05) is 0 Å². The fourth-order valence-corrected chi connectivity index (χ4v) is 2.24. The summed E-state index contributed by atoms with van der Waals surface area (Å²) < 4.78 is 9.55. The highest BCUT2D eigenvalue weighted by Gasteiger charge is 2.30. The van der Waals surface area contributed by atoms with Gasteiger partial charge >= 0.3 is 12.2 Å². The maximum Gasteiger partial charge on any atom is 0.429 e. The van der Waals surface area contributed by atoms with Crippen LogP contribution in [-0.2, 0) is 9.47 Å². The average Bonchev–Trinajstić information content (AvgIpc) is 2.98. The molecule has 0 bridgehead atoms. The number of carbonyl (C=O) groups excluding carboxylic acids is 3. The number of hydrogen-bond acceptors (Lipinski definition) is 6. The summed E-state index contributed by atoms with van der Waals surface area (Å²) in [5.74, 6) is -0.296. The molecule has 0 fully saturated rings. The number of nitrogens with zero attached hydrogens (tertiary/aromatic N) is 1. The first-order valence-corrected chi connectivity index (χ1v) is 7.36. The molecule has 1 aromatic heterocycles. The Morgan fingerprint density at radius 2 is 1.95 bits per heavy atom. The molecule has 7 nitrogen and oxygen atoms in total. The third-order valence-corrected chi connectivity index (χ3v) is 3.37. The quantitative estimate of drug-likeness (QED) is 0.666. The molecule has 0 saturated heterocycles. The van der Waals surface area contributed by atoms with E-state index in [-0.39, 0.29) is 19.0 Å². The molecule has 0 aliphatic carbocycles. The molecular formula is C13H18N2O5S. The Labute approximate surface area is 126 Å². The van der Waals surface area contributed by atoms with Crippen LogP contribution in [0.4, 0.5) is 9.59 Å². The predicted octanol–water partition coefficient (Wildman–Crippen LogP) is 2.44. The summed E-state index contributed by atoms with van der Waals surface area (Å²) in [7, 11) is 0. The standard InChI is InChI=1S/C13H18N2O5S/c1-4-19-12(17)14-15(13(18)20-5-2)9(3)11(16)10-7-6-8-21-10/h6-9H,4-5H2,1-3H3,(H,14,17). The minimum Gasteiger partial charge on any atom is -0.449 e. The highest BCUT2D eigenvalue weighted by Crippen LogP contribution is 2.14. The summed E-state index contributed by atoms with van der Waals surface area (Å²) in [5.41, 5.74) is 2.23. The summed E-state index contributed by atoms with van der Waals surface area (Å²) in [6.07, 6.45) is -1.64. The molecule has 2 amide bonds. The Hall–Kier alpha value is -2.09. The highest BCUT2D eigenvalue weighted by atomic mass is 32.1. The van der Waals surface area contributed by atoms with E-state index in [1.807, 2.05) is 0 Å². The van der Waals surface area contributed by atoms with E-state index < -0.39 is 18.2 Å². The van der Waals surface area contributed by atoms with Crippen molar-refractivity contribution in [3.05, 3.63) is 22.4 Å². The maximum atomic E-state index is 12.3. The number of ether oxygens (including phenoxy) is 2. The number of Topliss-reactive ketones (excluding diaryl/α,β-unsaturated/α-hetero) is 1. The minimum absolute atomic E-state index is 0.125. The van der Waals surface area contributed by atoms with Gasteiger partial charge in [-0.15, -0.1) is 11.3 Å².